The lowest BCUT2D eigenvalue weighted by atomic mass is 10.1. The van der Waals surface area contributed by atoms with Gasteiger partial charge in [-0.05, 0) is 31.1 Å². The van der Waals surface area contributed by atoms with E-state index in [-0.39, 0.29) is 0 Å². The number of rotatable bonds is 7. The van der Waals surface area contributed by atoms with Gasteiger partial charge in [0.1, 0.15) is 0 Å². The molecule has 0 bridgehead atoms. The average molecular weight is 198 g/mol. The quantitative estimate of drug-likeness (QED) is 0.503. The molecule has 0 aromatic rings. The Bertz CT molecular complexity index is 181. The molecule has 2 heteroatoms. The standard InChI is InChI=1S/C12H22O2/c1-2-3-4-5-11-12(14-11)7-9-6-10(9)8-13/h9-13H,2-8H2,1H3. The van der Waals surface area contributed by atoms with Crippen LogP contribution >= 0.6 is 0 Å². The van der Waals surface area contributed by atoms with Gasteiger partial charge < -0.3 is 9.84 Å². The maximum absolute atomic E-state index is 8.91. The zero-order valence-corrected chi connectivity index (χ0v) is 9.11. The minimum atomic E-state index is 0.387. The summed E-state index contributed by atoms with van der Waals surface area (Å²) in [5, 5.41) is 8.91. The summed E-state index contributed by atoms with van der Waals surface area (Å²) in [7, 11) is 0. The summed E-state index contributed by atoms with van der Waals surface area (Å²) in [5.74, 6) is 1.39. The van der Waals surface area contributed by atoms with Gasteiger partial charge in [0, 0.05) is 6.61 Å². The summed E-state index contributed by atoms with van der Waals surface area (Å²) in [6, 6.07) is 0. The normalized spacial score (nSPS) is 39.9. The molecular formula is C12H22O2. The zero-order chi connectivity index (χ0) is 9.97. The van der Waals surface area contributed by atoms with Crippen molar-refractivity contribution in [3.8, 4) is 0 Å². The zero-order valence-electron chi connectivity index (χ0n) is 9.11. The molecule has 1 heterocycles. The van der Waals surface area contributed by atoms with Gasteiger partial charge in [-0.2, -0.15) is 0 Å². The monoisotopic (exact) mass is 198 g/mol. The lowest BCUT2D eigenvalue weighted by molar-refractivity contribution is 0.264. The van der Waals surface area contributed by atoms with Gasteiger partial charge in [-0.1, -0.05) is 26.2 Å². The third kappa shape index (κ3) is 2.71. The molecule has 1 aliphatic carbocycles. The largest absolute Gasteiger partial charge is 0.396 e. The summed E-state index contributed by atoms with van der Waals surface area (Å²) < 4.78 is 5.63. The van der Waals surface area contributed by atoms with E-state index in [1.165, 1.54) is 38.5 Å². The molecule has 82 valence electrons. The Morgan fingerprint density at radius 2 is 2.07 bits per heavy atom. The van der Waals surface area contributed by atoms with Gasteiger partial charge in [-0.25, -0.2) is 0 Å². The molecule has 4 unspecified atom stereocenters. The van der Waals surface area contributed by atoms with Crippen molar-refractivity contribution in [1.29, 1.82) is 0 Å². The van der Waals surface area contributed by atoms with E-state index in [0.29, 0.717) is 24.7 Å². The Balaban J connectivity index is 1.50. The molecule has 1 N–H and O–H groups in total. The lowest BCUT2D eigenvalue weighted by Gasteiger charge is -1.95. The fourth-order valence-corrected chi connectivity index (χ4v) is 2.36. The molecule has 0 radical (unpaired) electrons. The van der Waals surface area contributed by atoms with Crippen molar-refractivity contribution in [3.05, 3.63) is 0 Å². The minimum Gasteiger partial charge on any atom is -0.396 e. The number of ether oxygens (including phenoxy) is 1. The summed E-state index contributed by atoms with van der Waals surface area (Å²) in [4.78, 5) is 0. The van der Waals surface area contributed by atoms with Gasteiger partial charge in [0.15, 0.2) is 0 Å². The first-order valence-electron chi connectivity index (χ1n) is 6.11. The smallest absolute Gasteiger partial charge is 0.0844 e. The highest BCUT2D eigenvalue weighted by molar-refractivity contribution is 4.94. The third-order valence-electron chi connectivity index (χ3n) is 3.62. The van der Waals surface area contributed by atoms with Crippen LogP contribution in [-0.4, -0.2) is 23.9 Å². The Labute approximate surface area is 86.6 Å². The first-order valence-corrected chi connectivity index (χ1v) is 6.11. The van der Waals surface area contributed by atoms with Crippen LogP contribution in [-0.2, 0) is 4.74 Å². The van der Waals surface area contributed by atoms with E-state index in [4.69, 9.17) is 9.84 Å². The van der Waals surface area contributed by atoms with E-state index in [1.807, 2.05) is 0 Å². The molecule has 2 aliphatic rings. The SMILES string of the molecule is CCCCCC1OC1CC1CC1CO. The van der Waals surface area contributed by atoms with Crippen LogP contribution in [0.1, 0.15) is 45.4 Å². The van der Waals surface area contributed by atoms with Gasteiger partial charge in [-0.15, -0.1) is 0 Å². The van der Waals surface area contributed by atoms with Crippen LogP contribution in [0.15, 0.2) is 0 Å². The number of aliphatic hydroxyl groups excluding tert-OH is 1. The van der Waals surface area contributed by atoms with Crippen LogP contribution in [0, 0.1) is 11.8 Å². The number of hydrogen-bond donors (Lipinski definition) is 1. The Morgan fingerprint density at radius 3 is 2.71 bits per heavy atom. The van der Waals surface area contributed by atoms with Gasteiger partial charge >= 0.3 is 0 Å². The van der Waals surface area contributed by atoms with Crippen LogP contribution < -0.4 is 0 Å². The Hall–Kier alpha value is -0.0800. The predicted octanol–water partition coefficient (Wildman–Crippen LogP) is 2.35. The fraction of sp³-hybridized carbons (Fsp3) is 1.00. The van der Waals surface area contributed by atoms with E-state index in [1.54, 1.807) is 0 Å². The predicted molar refractivity (Wildman–Crippen MR) is 56.1 cm³/mol. The number of hydrogen-bond acceptors (Lipinski definition) is 2. The highest BCUT2D eigenvalue weighted by Gasteiger charge is 2.45. The summed E-state index contributed by atoms with van der Waals surface area (Å²) in [6.07, 6.45) is 8.79. The topological polar surface area (TPSA) is 32.8 Å². The molecule has 0 aromatic carbocycles. The van der Waals surface area contributed by atoms with Crippen molar-refractivity contribution in [3.63, 3.8) is 0 Å². The molecule has 2 fully saturated rings. The Morgan fingerprint density at radius 1 is 1.21 bits per heavy atom. The molecule has 1 aliphatic heterocycles. The van der Waals surface area contributed by atoms with E-state index >= 15 is 0 Å². The molecule has 1 saturated carbocycles. The van der Waals surface area contributed by atoms with Crippen molar-refractivity contribution < 1.29 is 9.84 Å². The van der Waals surface area contributed by atoms with Gasteiger partial charge in [0.25, 0.3) is 0 Å². The molecule has 14 heavy (non-hydrogen) atoms. The second kappa shape index (κ2) is 4.63. The van der Waals surface area contributed by atoms with Crippen LogP contribution in [0.25, 0.3) is 0 Å². The van der Waals surface area contributed by atoms with Crippen molar-refractivity contribution in [1.82, 2.24) is 0 Å². The van der Waals surface area contributed by atoms with Crippen LogP contribution in [0.4, 0.5) is 0 Å². The van der Waals surface area contributed by atoms with Crippen molar-refractivity contribution >= 4 is 0 Å². The Kier molecular flexibility index (Phi) is 3.45. The van der Waals surface area contributed by atoms with Crippen molar-refractivity contribution in [2.24, 2.45) is 11.8 Å². The molecule has 2 rings (SSSR count). The van der Waals surface area contributed by atoms with Crippen LogP contribution in [0.2, 0.25) is 0 Å². The molecular weight excluding hydrogens is 176 g/mol. The summed E-state index contributed by atoms with van der Waals surface area (Å²) in [5.41, 5.74) is 0. The van der Waals surface area contributed by atoms with Crippen molar-refractivity contribution in [2.75, 3.05) is 6.61 Å². The maximum Gasteiger partial charge on any atom is 0.0844 e. The highest BCUT2D eigenvalue weighted by atomic mass is 16.6. The second-order valence-electron chi connectivity index (χ2n) is 4.88. The van der Waals surface area contributed by atoms with E-state index in [2.05, 4.69) is 6.92 Å². The minimum absolute atomic E-state index is 0.387. The molecule has 1 saturated heterocycles. The van der Waals surface area contributed by atoms with Crippen LogP contribution in [0.5, 0.6) is 0 Å². The van der Waals surface area contributed by atoms with E-state index in [9.17, 15) is 0 Å². The van der Waals surface area contributed by atoms with Gasteiger partial charge in [0.05, 0.1) is 12.2 Å². The third-order valence-corrected chi connectivity index (χ3v) is 3.62. The lowest BCUT2D eigenvalue weighted by Crippen LogP contribution is -1.98. The molecule has 2 nitrogen and oxygen atoms in total. The molecule has 0 amide bonds. The molecule has 0 aromatic heterocycles. The maximum atomic E-state index is 8.91. The van der Waals surface area contributed by atoms with E-state index in [0.717, 1.165) is 5.92 Å². The van der Waals surface area contributed by atoms with Crippen LogP contribution in [0.3, 0.4) is 0 Å². The number of aliphatic hydroxyl groups is 1. The first kappa shape index (κ1) is 10.4. The summed E-state index contributed by atoms with van der Waals surface area (Å²) in [6.45, 7) is 2.62. The molecule has 4 atom stereocenters. The summed E-state index contributed by atoms with van der Waals surface area (Å²) >= 11 is 0. The number of epoxide rings is 1. The van der Waals surface area contributed by atoms with Gasteiger partial charge in [-0.3, -0.25) is 0 Å². The number of unbranched alkanes of at least 4 members (excludes halogenated alkanes) is 2. The average Bonchev–Trinajstić information content (AvgIpc) is 3.06. The van der Waals surface area contributed by atoms with E-state index < -0.39 is 0 Å². The second-order valence-corrected chi connectivity index (χ2v) is 4.88. The van der Waals surface area contributed by atoms with Gasteiger partial charge in [0.2, 0.25) is 0 Å². The fourth-order valence-electron chi connectivity index (χ4n) is 2.36. The first-order chi connectivity index (χ1) is 6.85. The van der Waals surface area contributed by atoms with Crippen molar-refractivity contribution in [2.45, 2.75) is 57.7 Å². The molecule has 0 spiro atoms. The highest BCUT2D eigenvalue weighted by Crippen LogP contribution is 2.46.